The number of carboxylic acids is 1. The molecule has 146 valence electrons. The third-order valence-corrected chi connectivity index (χ3v) is 5.72. The number of nitrogens with zero attached hydrogens (tertiary/aromatic N) is 1. The van der Waals surface area contributed by atoms with E-state index in [-0.39, 0.29) is 18.1 Å². The van der Waals surface area contributed by atoms with Crippen LogP contribution in [0, 0.1) is 5.82 Å². The summed E-state index contributed by atoms with van der Waals surface area (Å²) in [5.74, 6) is -1.24. The lowest BCUT2D eigenvalue weighted by molar-refractivity contribution is -0.137. The fourth-order valence-corrected chi connectivity index (χ4v) is 4.16. The van der Waals surface area contributed by atoms with Crippen LogP contribution in [0.5, 0.6) is 0 Å². The summed E-state index contributed by atoms with van der Waals surface area (Å²) in [5.41, 5.74) is 0.390. The zero-order valence-corrected chi connectivity index (χ0v) is 16.8. The molecule has 0 aliphatic carbocycles. The molecule has 0 saturated carbocycles. The Hall–Kier alpha value is -1.73. The van der Waals surface area contributed by atoms with Crippen molar-refractivity contribution in [2.75, 3.05) is 6.54 Å². The van der Waals surface area contributed by atoms with Crippen molar-refractivity contribution in [2.24, 2.45) is 0 Å². The lowest BCUT2D eigenvalue weighted by Crippen LogP contribution is -2.29. The van der Waals surface area contributed by atoms with Gasteiger partial charge in [0, 0.05) is 18.5 Å². The number of thiocarbonyl (C=S) groups is 1. The number of hydrogen-bond donors (Lipinski definition) is 1. The molecule has 1 aliphatic rings. The first-order valence-corrected chi connectivity index (χ1v) is 10.4. The van der Waals surface area contributed by atoms with Crippen LogP contribution < -0.4 is 0 Å². The molecular formula is C20H24FNO3S2. The molecule has 1 fully saturated rings. The summed E-state index contributed by atoms with van der Waals surface area (Å²) in [6.07, 6.45) is 8.54. The summed E-state index contributed by atoms with van der Waals surface area (Å²) in [7, 11) is 0. The van der Waals surface area contributed by atoms with E-state index in [1.807, 2.05) is 0 Å². The van der Waals surface area contributed by atoms with E-state index in [2.05, 4.69) is 0 Å². The molecule has 4 nitrogen and oxygen atoms in total. The van der Waals surface area contributed by atoms with Crippen molar-refractivity contribution in [3.63, 3.8) is 0 Å². The molecule has 0 atom stereocenters. The summed E-state index contributed by atoms with van der Waals surface area (Å²) in [4.78, 5) is 25.0. The molecule has 0 bridgehead atoms. The number of halogens is 1. The van der Waals surface area contributed by atoms with E-state index >= 15 is 0 Å². The number of thioether (sulfide) groups is 1. The number of amides is 1. The lowest BCUT2D eigenvalue weighted by Gasteiger charge is -2.14. The van der Waals surface area contributed by atoms with E-state index in [1.54, 1.807) is 29.2 Å². The van der Waals surface area contributed by atoms with E-state index in [4.69, 9.17) is 17.3 Å². The van der Waals surface area contributed by atoms with E-state index in [0.29, 0.717) is 21.3 Å². The van der Waals surface area contributed by atoms with Crippen LogP contribution in [0.15, 0.2) is 29.2 Å². The Labute approximate surface area is 168 Å². The molecule has 1 aromatic carbocycles. The first-order valence-electron chi connectivity index (χ1n) is 9.20. The van der Waals surface area contributed by atoms with Crippen molar-refractivity contribution < 1.29 is 19.1 Å². The Kier molecular flexibility index (Phi) is 8.94. The summed E-state index contributed by atoms with van der Waals surface area (Å²) in [6, 6.07) is 6.36. The van der Waals surface area contributed by atoms with Crippen molar-refractivity contribution >= 4 is 46.3 Å². The van der Waals surface area contributed by atoms with Gasteiger partial charge in [0.05, 0.1) is 4.91 Å². The standard InChI is InChI=1S/C20H24FNO3S2/c21-16-11-8-7-10-15(16)14-17-19(25)22(20(26)27-17)13-9-5-3-1-2-4-6-12-18(23)24/h7-8,10-11,14H,1-6,9,12-13H2,(H,23,24)/b17-14-. The number of carboxylic acid groups (broad SMARTS) is 1. The minimum absolute atomic E-state index is 0.151. The number of unbranched alkanes of at least 4 members (excludes halogenated alkanes) is 6. The molecule has 0 radical (unpaired) electrons. The fraction of sp³-hybridized carbons (Fsp3) is 0.450. The zero-order chi connectivity index (χ0) is 19.6. The average molecular weight is 410 g/mol. The van der Waals surface area contributed by atoms with Crippen LogP contribution in [-0.2, 0) is 9.59 Å². The van der Waals surface area contributed by atoms with E-state index in [1.165, 1.54) is 17.8 Å². The van der Waals surface area contributed by atoms with Gasteiger partial charge in [0.15, 0.2) is 0 Å². The van der Waals surface area contributed by atoms with Gasteiger partial charge in [0.2, 0.25) is 0 Å². The Bertz CT molecular complexity index is 721. The minimum Gasteiger partial charge on any atom is -0.481 e. The van der Waals surface area contributed by atoms with Gasteiger partial charge in [-0.1, -0.05) is 74.3 Å². The molecule has 1 saturated heterocycles. The molecule has 1 aromatic rings. The van der Waals surface area contributed by atoms with Crippen molar-refractivity contribution in [1.29, 1.82) is 0 Å². The van der Waals surface area contributed by atoms with Gasteiger partial charge in [-0.2, -0.15) is 0 Å². The van der Waals surface area contributed by atoms with Gasteiger partial charge < -0.3 is 5.11 Å². The van der Waals surface area contributed by atoms with Crippen LogP contribution in [0.1, 0.15) is 56.9 Å². The van der Waals surface area contributed by atoms with Gasteiger partial charge in [-0.25, -0.2) is 4.39 Å². The predicted molar refractivity (Wildman–Crippen MR) is 111 cm³/mol. The summed E-state index contributed by atoms with van der Waals surface area (Å²) < 4.78 is 14.3. The second kappa shape index (κ2) is 11.2. The van der Waals surface area contributed by atoms with Crippen molar-refractivity contribution in [3.05, 3.63) is 40.6 Å². The number of rotatable bonds is 11. The fourth-order valence-electron chi connectivity index (χ4n) is 2.86. The van der Waals surface area contributed by atoms with Gasteiger partial charge >= 0.3 is 5.97 Å². The Morgan fingerprint density at radius 3 is 2.41 bits per heavy atom. The Morgan fingerprint density at radius 1 is 1.11 bits per heavy atom. The van der Waals surface area contributed by atoms with Crippen molar-refractivity contribution in [3.8, 4) is 0 Å². The van der Waals surface area contributed by atoms with Gasteiger partial charge in [-0.15, -0.1) is 0 Å². The SMILES string of the molecule is O=C(O)CCCCCCCCCN1C(=O)/C(=C/c2ccccc2F)SC1=S. The second-order valence-electron chi connectivity index (χ2n) is 6.47. The number of carbonyl (C=O) groups excluding carboxylic acids is 1. The van der Waals surface area contributed by atoms with Crippen LogP contribution in [0.25, 0.3) is 6.08 Å². The maximum atomic E-state index is 13.8. The van der Waals surface area contributed by atoms with Gasteiger partial charge in [-0.3, -0.25) is 14.5 Å². The van der Waals surface area contributed by atoms with Gasteiger partial charge in [0.25, 0.3) is 5.91 Å². The predicted octanol–water partition coefficient (Wildman–Crippen LogP) is 5.23. The maximum Gasteiger partial charge on any atom is 0.303 e. The zero-order valence-electron chi connectivity index (χ0n) is 15.2. The van der Waals surface area contributed by atoms with Crippen LogP contribution in [0.3, 0.4) is 0 Å². The summed E-state index contributed by atoms with van der Waals surface area (Å²) >= 11 is 6.52. The molecular weight excluding hydrogens is 385 g/mol. The first kappa shape index (κ1) is 21.6. The number of aliphatic carboxylic acids is 1. The van der Waals surface area contributed by atoms with Gasteiger partial charge in [0.1, 0.15) is 10.1 Å². The molecule has 0 aromatic heterocycles. The van der Waals surface area contributed by atoms with Crippen LogP contribution in [-0.4, -0.2) is 32.7 Å². The highest BCUT2D eigenvalue weighted by molar-refractivity contribution is 8.26. The molecule has 0 unspecified atom stereocenters. The number of hydrogen-bond acceptors (Lipinski definition) is 4. The van der Waals surface area contributed by atoms with E-state index in [0.717, 1.165) is 44.9 Å². The highest BCUT2D eigenvalue weighted by atomic mass is 32.2. The Balaban J connectivity index is 1.70. The molecule has 0 spiro atoms. The molecule has 7 heteroatoms. The third kappa shape index (κ3) is 7.07. The van der Waals surface area contributed by atoms with Crippen LogP contribution in [0.2, 0.25) is 0 Å². The maximum absolute atomic E-state index is 13.8. The molecule has 1 aliphatic heterocycles. The van der Waals surface area contributed by atoms with Crippen molar-refractivity contribution in [1.82, 2.24) is 4.90 Å². The lowest BCUT2D eigenvalue weighted by atomic mass is 10.1. The van der Waals surface area contributed by atoms with E-state index < -0.39 is 5.97 Å². The quantitative estimate of drug-likeness (QED) is 0.308. The monoisotopic (exact) mass is 409 g/mol. The third-order valence-electron chi connectivity index (χ3n) is 4.34. The Morgan fingerprint density at radius 2 is 1.74 bits per heavy atom. The largest absolute Gasteiger partial charge is 0.481 e. The average Bonchev–Trinajstić information content (AvgIpc) is 2.89. The minimum atomic E-state index is -0.734. The molecule has 1 heterocycles. The highest BCUT2D eigenvalue weighted by Gasteiger charge is 2.31. The number of carbonyl (C=O) groups is 2. The number of benzene rings is 1. The molecule has 27 heavy (non-hydrogen) atoms. The first-order chi connectivity index (χ1) is 13.0. The second-order valence-corrected chi connectivity index (χ2v) is 8.15. The molecule has 1 amide bonds. The highest BCUT2D eigenvalue weighted by Crippen LogP contribution is 2.33. The van der Waals surface area contributed by atoms with Crippen molar-refractivity contribution in [2.45, 2.75) is 51.4 Å². The topological polar surface area (TPSA) is 57.6 Å². The molecule has 2 rings (SSSR count). The normalized spacial score (nSPS) is 15.7. The van der Waals surface area contributed by atoms with Crippen LogP contribution >= 0.6 is 24.0 Å². The summed E-state index contributed by atoms with van der Waals surface area (Å²) in [5, 5.41) is 8.58. The van der Waals surface area contributed by atoms with Crippen LogP contribution in [0.4, 0.5) is 4.39 Å². The summed E-state index contributed by atoms with van der Waals surface area (Å²) in [6.45, 7) is 0.582. The smallest absolute Gasteiger partial charge is 0.303 e. The van der Waals surface area contributed by atoms with Gasteiger partial charge in [-0.05, 0) is 25.0 Å². The van der Waals surface area contributed by atoms with E-state index in [9.17, 15) is 14.0 Å². The molecule has 1 N–H and O–H groups in total.